The number of nitrogens with zero attached hydrogens (tertiary/aromatic N) is 3. The molecule has 0 unspecified atom stereocenters. The Morgan fingerprint density at radius 2 is 1.97 bits per heavy atom. The third-order valence-electron chi connectivity index (χ3n) is 5.92. The number of carbonyl (C=O) groups excluding carboxylic acids is 1. The number of rotatable bonds is 5. The van der Waals surface area contributed by atoms with E-state index < -0.39 is 0 Å². The second-order valence-electron chi connectivity index (χ2n) is 8.22. The maximum Gasteiger partial charge on any atom is 0.236 e. The van der Waals surface area contributed by atoms with Crippen LogP contribution in [0.4, 0.5) is 0 Å². The summed E-state index contributed by atoms with van der Waals surface area (Å²) >= 11 is 0. The van der Waals surface area contributed by atoms with Gasteiger partial charge in [0.1, 0.15) is 6.61 Å². The van der Waals surface area contributed by atoms with E-state index in [1.807, 2.05) is 36.0 Å². The van der Waals surface area contributed by atoms with Crippen LogP contribution < -0.4 is 0 Å². The molecule has 0 radical (unpaired) electrons. The van der Waals surface area contributed by atoms with E-state index in [1.54, 1.807) is 7.11 Å². The van der Waals surface area contributed by atoms with E-state index in [0.717, 1.165) is 38.0 Å². The molecule has 1 aromatic rings. The molecule has 2 heterocycles. The van der Waals surface area contributed by atoms with E-state index in [2.05, 4.69) is 28.9 Å². The van der Waals surface area contributed by atoms with Gasteiger partial charge < -0.3 is 19.6 Å². The number of amides is 1. The third kappa shape index (κ3) is 5.18. The molecule has 2 aliphatic heterocycles. The van der Waals surface area contributed by atoms with Crippen molar-refractivity contribution in [3.05, 3.63) is 35.4 Å². The molecule has 2 saturated heterocycles. The fourth-order valence-corrected chi connectivity index (χ4v) is 4.54. The molecule has 1 aromatic carbocycles. The average Bonchev–Trinajstić information content (AvgIpc) is 2.67. The number of aliphatic hydroxyl groups is 1. The van der Waals surface area contributed by atoms with Crippen molar-refractivity contribution in [1.82, 2.24) is 14.7 Å². The van der Waals surface area contributed by atoms with Crippen LogP contribution in [0, 0.1) is 11.8 Å². The molecular weight excluding hydrogens is 366 g/mol. The number of aliphatic hydroxyl groups excluding tert-OH is 1. The van der Waals surface area contributed by atoms with Gasteiger partial charge in [0.25, 0.3) is 0 Å². The molecule has 2 fully saturated rings. The van der Waals surface area contributed by atoms with Crippen molar-refractivity contribution in [2.24, 2.45) is 0 Å². The molecule has 0 saturated carbocycles. The van der Waals surface area contributed by atoms with Gasteiger partial charge in [0.2, 0.25) is 5.91 Å². The van der Waals surface area contributed by atoms with Crippen molar-refractivity contribution in [2.45, 2.75) is 30.8 Å². The molecule has 6 nitrogen and oxygen atoms in total. The Balaban J connectivity index is 1.77. The number of carbonyl (C=O) groups is 1. The molecule has 158 valence electrons. The second kappa shape index (κ2) is 10.2. The van der Waals surface area contributed by atoms with E-state index >= 15 is 0 Å². The Bertz CT molecular complexity index is 738. The molecule has 1 amide bonds. The number of fused-ring (bicyclic) bond motifs is 1. The van der Waals surface area contributed by atoms with Crippen molar-refractivity contribution >= 4 is 5.91 Å². The van der Waals surface area contributed by atoms with Gasteiger partial charge in [-0.25, -0.2) is 0 Å². The lowest BCUT2D eigenvalue weighted by molar-refractivity contribution is -0.137. The summed E-state index contributed by atoms with van der Waals surface area (Å²) < 4.78 is 4.97. The highest BCUT2D eigenvalue weighted by Crippen LogP contribution is 2.41. The average molecular weight is 400 g/mol. The number of hydrogen-bond donors (Lipinski definition) is 1. The van der Waals surface area contributed by atoms with Gasteiger partial charge in [-0.1, -0.05) is 24.0 Å². The van der Waals surface area contributed by atoms with Crippen molar-refractivity contribution < 1.29 is 14.6 Å². The molecule has 3 atom stereocenters. The van der Waals surface area contributed by atoms with E-state index in [4.69, 9.17) is 4.74 Å². The van der Waals surface area contributed by atoms with Crippen molar-refractivity contribution in [3.8, 4) is 11.8 Å². The minimum Gasteiger partial charge on any atom is -0.395 e. The number of ether oxygens (including phenoxy) is 1. The first kappa shape index (κ1) is 21.8. The lowest BCUT2D eigenvalue weighted by atomic mass is 9.74. The SMILES string of the molecule is COCC#Cc1ccc([C@@H]2[C@@H](CO)N3CCCCN(C(=O)CN(C)C)C[C@@H]23)cc1. The van der Waals surface area contributed by atoms with E-state index in [0.29, 0.717) is 13.2 Å². The third-order valence-corrected chi connectivity index (χ3v) is 5.92. The highest BCUT2D eigenvalue weighted by Gasteiger charge is 2.49. The summed E-state index contributed by atoms with van der Waals surface area (Å²) in [6.07, 6.45) is 2.07. The van der Waals surface area contributed by atoms with Crippen molar-refractivity contribution in [2.75, 3.05) is 60.6 Å². The summed E-state index contributed by atoms with van der Waals surface area (Å²) in [7, 11) is 5.50. The topological polar surface area (TPSA) is 56.3 Å². The quantitative estimate of drug-likeness (QED) is 0.749. The van der Waals surface area contributed by atoms with Crippen LogP contribution in [-0.4, -0.2) is 98.4 Å². The van der Waals surface area contributed by atoms with Gasteiger partial charge in [-0.05, 0) is 51.2 Å². The Hall–Kier alpha value is -1.91. The van der Waals surface area contributed by atoms with Crippen LogP contribution in [0.25, 0.3) is 0 Å². The number of methoxy groups -OCH3 is 1. The van der Waals surface area contributed by atoms with E-state index in [9.17, 15) is 9.90 Å². The summed E-state index contributed by atoms with van der Waals surface area (Å²) in [6.45, 7) is 3.54. The predicted molar refractivity (Wildman–Crippen MR) is 114 cm³/mol. The van der Waals surface area contributed by atoms with Gasteiger partial charge in [0.05, 0.1) is 13.2 Å². The highest BCUT2D eigenvalue weighted by atomic mass is 16.5. The van der Waals surface area contributed by atoms with Crippen molar-refractivity contribution in [1.29, 1.82) is 0 Å². The molecule has 6 heteroatoms. The molecule has 0 spiro atoms. The first-order chi connectivity index (χ1) is 14.0. The minimum absolute atomic E-state index is 0.120. The van der Waals surface area contributed by atoms with E-state index in [-0.39, 0.29) is 30.5 Å². The number of benzene rings is 1. The van der Waals surface area contributed by atoms with Crippen LogP contribution in [-0.2, 0) is 9.53 Å². The zero-order chi connectivity index (χ0) is 20.8. The summed E-state index contributed by atoms with van der Waals surface area (Å²) in [5, 5.41) is 10.0. The lowest BCUT2D eigenvalue weighted by Gasteiger charge is -2.57. The first-order valence-corrected chi connectivity index (χ1v) is 10.4. The largest absolute Gasteiger partial charge is 0.395 e. The van der Waals surface area contributed by atoms with Crippen molar-refractivity contribution in [3.63, 3.8) is 0 Å². The maximum absolute atomic E-state index is 12.7. The lowest BCUT2D eigenvalue weighted by Crippen LogP contribution is -2.68. The molecule has 2 aliphatic rings. The monoisotopic (exact) mass is 399 g/mol. The highest BCUT2D eigenvalue weighted by molar-refractivity contribution is 5.78. The number of hydrogen-bond acceptors (Lipinski definition) is 5. The van der Waals surface area contributed by atoms with Gasteiger partial charge in [-0.2, -0.15) is 0 Å². The smallest absolute Gasteiger partial charge is 0.236 e. The first-order valence-electron chi connectivity index (χ1n) is 10.4. The fraction of sp³-hybridized carbons (Fsp3) is 0.609. The normalized spacial score (nSPS) is 24.7. The van der Waals surface area contributed by atoms with Gasteiger partial charge in [-0.15, -0.1) is 0 Å². The van der Waals surface area contributed by atoms with Gasteiger partial charge in [0, 0.05) is 43.8 Å². The van der Waals surface area contributed by atoms with E-state index in [1.165, 1.54) is 5.56 Å². The standard InChI is InChI=1S/C23H33N3O3/c1-24(2)16-22(28)25-12-4-5-13-26-20(15-25)23(21(26)17-27)19-10-8-18(9-11-19)7-6-14-29-3/h8-11,20-21,23,27H,4-5,12-17H2,1-3H3/t20-,21+,23-/m0/s1. The molecule has 1 N–H and O–H groups in total. The Morgan fingerprint density at radius 3 is 2.62 bits per heavy atom. The molecule has 3 rings (SSSR count). The zero-order valence-electron chi connectivity index (χ0n) is 17.8. The summed E-state index contributed by atoms with van der Waals surface area (Å²) in [4.78, 5) is 19.0. The molecule has 29 heavy (non-hydrogen) atoms. The van der Waals surface area contributed by atoms with Gasteiger partial charge in [0.15, 0.2) is 0 Å². The molecular formula is C23H33N3O3. The molecule has 0 aromatic heterocycles. The fourth-order valence-electron chi connectivity index (χ4n) is 4.54. The second-order valence-corrected chi connectivity index (χ2v) is 8.22. The van der Waals surface area contributed by atoms with Crippen LogP contribution in [0.2, 0.25) is 0 Å². The maximum atomic E-state index is 12.7. The Kier molecular flexibility index (Phi) is 7.68. The zero-order valence-corrected chi connectivity index (χ0v) is 17.8. The van der Waals surface area contributed by atoms with Crippen LogP contribution in [0.5, 0.6) is 0 Å². The summed E-state index contributed by atoms with van der Waals surface area (Å²) in [5.74, 6) is 6.49. The van der Waals surface area contributed by atoms with Gasteiger partial charge >= 0.3 is 0 Å². The Labute approximate surface area is 174 Å². The Morgan fingerprint density at radius 1 is 1.24 bits per heavy atom. The van der Waals surface area contributed by atoms with Gasteiger partial charge in [-0.3, -0.25) is 9.69 Å². The predicted octanol–water partition coefficient (Wildman–Crippen LogP) is 0.997. The minimum atomic E-state index is 0.120. The van der Waals surface area contributed by atoms with Crippen LogP contribution >= 0.6 is 0 Å². The summed E-state index contributed by atoms with van der Waals surface area (Å²) in [5.41, 5.74) is 2.17. The van der Waals surface area contributed by atoms with Crippen LogP contribution in [0.3, 0.4) is 0 Å². The van der Waals surface area contributed by atoms with Crippen LogP contribution in [0.1, 0.15) is 29.9 Å². The van der Waals surface area contributed by atoms with Crippen LogP contribution in [0.15, 0.2) is 24.3 Å². The molecule has 0 bridgehead atoms. The molecule has 0 aliphatic carbocycles. The number of likely N-dealkylation sites (N-methyl/N-ethyl adjacent to an activating group) is 1. The summed E-state index contributed by atoms with van der Waals surface area (Å²) in [6, 6.07) is 8.68.